The van der Waals surface area contributed by atoms with E-state index >= 15 is 0 Å². The van der Waals surface area contributed by atoms with Crippen molar-refractivity contribution in [2.75, 3.05) is 13.2 Å². The monoisotopic (exact) mass is 283 g/mol. The lowest BCUT2D eigenvalue weighted by Gasteiger charge is -2.17. The van der Waals surface area contributed by atoms with Gasteiger partial charge in [-0.25, -0.2) is 4.39 Å². The summed E-state index contributed by atoms with van der Waals surface area (Å²) in [5, 5.41) is 3.73. The van der Waals surface area contributed by atoms with E-state index in [0.717, 1.165) is 18.4 Å². The Kier molecular flexibility index (Phi) is 3.94. The molecule has 2 aliphatic rings. The zero-order chi connectivity index (χ0) is 13.2. The van der Waals surface area contributed by atoms with Crippen LogP contribution in [0.3, 0.4) is 0 Å². The number of benzene rings is 1. The van der Waals surface area contributed by atoms with E-state index in [1.165, 1.54) is 37.8 Å². The van der Waals surface area contributed by atoms with E-state index in [4.69, 9.17) is 16.3 Å². The number of ether oxygens (including phenoxy) is 1. The van der Waals surface area contributed by atoms with Gasteiger partial charge in [0.1, 0.15) is 18.2 Å². The molecule has 0 aromatic heterocycles. The molecule has 104 valence electrons. The van der Waals surface area contributed by atoms with Crippen LogP contribution in [0.25, 0.3) is 0 Å². The molecule has 4 heteroatoms. The summed E-state index contributed by atoms with van der Waals surface area (Å²) in [7, 11) is 0. The molecule has 0 bridgehead atoms. The zero-order valence-electron chi connectivity index (χ0n) is 10.9. The molecule has 0 spiro atoms. The molecule has 0 amide bonds. The summed E-state index contributed by atoms with van der Waals surface area (Å²) in [5.74, 6) is 1.89. The lowest BCUT2D eigenvalue weighted by molar-refractivity contribution is 0.292. The molecule has 1 aromatic rings. The van der Waals surface area contributed by atoms with Gasteiger partial charge in [-0.05, 0) is 49.7 Å². The van der Waals surface area contributed by atoms with Gasteiger partial charge in [0.25, 0.3) is 0 Å². The lowest BCUT2D eigenvalue weighted by Crippen LogP contribution is -2.36. The summed E-state index contributed by atoms with van der Waals surface area (Å²) in [4.78, 5) is 0. The van der Waals surface area contributed by atoms with Crippen molar-refractivity contribution in [2.45, 2.75) is 31.7 Å². The topological polar surface area (TPSA) is 21.3 Å². The van der Waals surface area contributed by atoms with Gasteiger partial charge in [-0.1, -0.05) is 11.6 Å². The van der Waals surface area contributed by atoms with Gasteiger partial charge in [0.05, 0.1) is 5.02 Å². The van der Waals surface area contributed by atoms with Gasteiger partial charge >= 0.3 is 0 Å². The normalized spacial score (nSPS) is 18.9. The molecule has 2 saturated carbocycles. The smallest absolute Gasteiger partial charge is 0.145 e. The van der Waals surface area contributed by atoms with Crippen molar-refractivity contribution in [1.82, 2.24) is 5.32 Å². The highest BCUT2D eigenvalue weighted by molar-refractivity contribution is 6.30. The Morgan fingerprint density at radius 3 is 2.53 bits per heavy atom. The number of rotatable bonds is 7. The summed E-state index contributed by atoms with van der Waals surface area (Å²) >= 11 is 5.62. The first kappa shape index (κ1) is 13.2. The second-order valence-electron chi connectivity index (χ2n) is 5.58. The molecule has 1 N–H and O–H groups in total. The second kappa shape index (κ2) is 5.68. The Bertz CT molecular complexity index is 434. The number of halogens is 2. The molecule has 2 aliphatic carbocycles. The molecule has 19 heavy (non-hydrogen) atoms. The summed E-state index contributed by atoms with van der Waals surface area (Å²) in [6.07, 6.45) is 5.49. The van der Waals surface area contributed by atoms with Crippen LogP contribution in [0.1, 0.15) is 25.7 Å². The molecule has 1 aromatic carbocycles. The molecule has 0 heterocycles. The highest BCUT2D eigenvalue weighted by Gasteiger charge is 2.40. The summed E-state index contributed by atoms with van der Waals surface area (Å²) < 4.78 is 18.7. The van der Waals surface area contributed by atoms with Gasteiger partial charge in [0.15, 0.2) is 0 Å². The largest absolute Gasteiger partial charge is 0.492 e. The fourth-order valence-electron chi connectivity index (χ4n) is 2.59. The molecular weight excluding hydrogens is 265 g/mol. The Morgan fingerprint density at radius 1 is 1.26 bits per heavy atom. The van der Waals surface area contributed by atoms with E-state index in [-0.39, 0.29) is 5.02 Å². The van der Waals surface area contributed by atoms with Crippen LogP contribution in [-0.4, -0.2) is 19.2 Å². The molecule has 2 nitrogen and oxygen atoms in total. The van der Waals surface area contributed by atoms with E-state index in [1.807, 2.05) is 0 Å². The van der Waals surface area contributed by atoms with Gasteiger partial charge in [-0.3, -0.25) is 0 Å². The molecule has 0 aliphatic heterocycles. The van der Waals surface area contributed by atoms with E-state index in [1.54, 1.807) is 6.07 Å². The third-order valence-electron chi connectivity index (χ3n) is 3.90. The maximum atomic E-state index is 13.2. The maximum Gasteiger partial charge on any atom is 0.145 e. The van der Waals surface area contributed by atoms with Crippen LogP contribution < -0.4 is 10.1 Å². The summed E-state index contributed by atoms with van der Waals surface area (Å²) in [6.45, 7) is 1.39. The molecule has 0 radical (unpaired) electrons. The predicted molar refractivity (Wildman–Crippen MR) is 74.1 cm³/mol. The number of hydrogen-bond donors (Lipinski definition) is 1. The standard InChI is InChI=1S/C15H19ClFNO/c16-13-6-5-12(9-14(13)17)19-8-7-18-15(10-1-2-10)11-3-4-11/h5-6,9-11,15,18H,1-4,7-8H2. The Balaban J connectivity index is 1.41. The van der Waals surface area contributed by atoms with Crippen molar-refractivity contribution in [3.63, 3.8) is 0 Å². The van der Waals surface area contributed by atoms with Gasteiger partial charge in [-0.2, -0.15) is 0 Å². The fourth-order valence-corrected chi connectivity index (χ4v) is 2.71. The minimum atomic E-state index is -0.430. The average molecular weight is 284 g/mol. The predicted octanol–water partition coefficient (Wildman–Crippen LogP) is 3.64. The van der Waals surface area contributed by atoms with Crippen LogP contribution in [0.15, 0.2) is 18.2 Å². The van der Waals surface area contributed by atoms with Crippen molar-refractivity contribution in [3.05, 3.63) is 29.0 Å². The highest BCUT2D eigenvalue weighted by atomic mass is 35.5. The Morgan fingerprint density at radius 2 is 1.95 bits per heavy atom. The van der Waals surface area contributed by atoms with Crippen molar-refractivity contribution < 1.29 is 9.13 Å². The SMILES string of the molecule is Fc1cc(OCCNC(C2CC2)C2CC2)ccc1Cl. The first-order chi connectivity index (χ1) is 9.24. The Hall–Kier alpha value is -0.800. The van der Waals surface area contributed by atoms with E-state index in [2.05, 4.69) is 5.32 Å². The van der Waals surface area contributed by atoms with Crippen molar-refractivity contribution in [1.29, 1.82) is 0 Å². The third-order valence-corrected chi connectivity index (χ3v) is 4.21. The maximum absolute atomic E-state index is 13.2. The minimum absolute atomic E-state index is 0.132. The first-order valence-electron chi connectivity index (χ1n) is 7.05. The number of hydrogen-bond acceptors (Lipinski definition) is 2. The third kappa shape index (κ3) is 3.61. The Labute approximate surface area is 118 Å². The van der Waals surface area contributed by atoms with Crippen LogP contribution in [-0.2, 0) is 0 Å². The van der Waals surface area contributed by atoms with Crippen molar-refractivity contribution in [2.24, 2.45) is 11.8 Å². The minimum Gasteiger partial charge on any atom is -0.492 e. The molecule has 0 atom stereocenters. The van der Waals surface area contributed by atoms with E-state index < -0.39 is 5.82 Å². The highest BCUT2D eigenvalue weighted by Crippen LogP contribution is 2.44. The number of nitrogens with one attached hydrogen (secondary N) is 1. The molecule has 0 saturated heterocycles. The van der Waals surface area contributed by atoms with Gasteiger partial charge in [0.2, 0.25) is 0 Å². The molecular formula is C15H19ClFNO. The molecule has 3 rings (SSSR count). The van der Waals surface area contributed by atoms with Crippen LogP contribution in [0.5, 0.6) is 5.75 Å². The molecule has 0 unspecified atom stereocenters. The summed E-state index contributed by atoms with van der Waals surface area (Å²) in [6, 6.07) is 5.24. The average Bonchev–Trinajstić information content (AvgIpc) is 3.27. The van der Waals surface area contributed by atoms with E-state index in [0.29, 0.717) is 18.4 Å². The van der Waals surface area contributed by atoms with Crippen LogP contribution in [0.4, 0.5) is 4.39 Å². The van der Waals surface area contributed by atoms with E-state index in [9.17, 15) is 4.39 Å². The fraction of sp³-hybridized carbons (Fsp3) is 0.600. The van der Waals surface area contributed by atoms with Gasteiger partial charge in [-0.15, -0.1) is 0 Å². The van der Waals surface area contributed by atoms with Crippen LogP contribution in [0, 0.1) is 17.7 Å². The summed E-state index contributed by atoms with van der Waals surface area (Å²) in [5.41, 5.74) is 0. The van der Waals surface area contributed by atoms with Gasteiger partial charge in [0, 0.05) is 18.7 Å². The molecule has 2 fully saturated rings. The van der Waals surface area contributed by atoms with Gasteiger partial charge < -0.3 is 10.1 Å². The van der Waals surface area contributed by atoms with Crippen molar-refractivity contribution >= 4 is 11.6 Å². The second-order valence-corrected chi connectivity index (χ2v) is 5.99. The first-order valence-corrected chi connectivity index (χ1v) is 7.43. The van der Waals surface area contributed by atoms with Crippen molar-refractivity contribution in [3.8, 4) is 5.75 Å². The van der Waals surface area contributed by atoms with Crippen LogP contribution in [0.2, 0.25) is 5.02 Å². The lowest BCUT2D eigenvalue weighted by atomic mass is 10.1. The van der Waals surface area contributed by atoms with Crippen LogP contribution >= 0.6 is 11.6 Å². The quantitative estimate of drug-likeness (QED) is 0.772. The zero-order valence-corrected chi connectivity index (χ0v) is 11.6.